The summed E-state index contributed by atoms with van der Waals surface area (Å²) in [5, 5.41) is 0.741. The van der Waals surface area contributed by atoms with Crippen LogP contribution >= 0.6 is 23.2 Å². The van der Waals surface area contributed by atoms with Gasteiger partial charge in [-0.1, -0.05) is 35.3 Å². The predicted octanol–water partition coefficient (Wildman–Crippen LogP) is 2.36. The van der Waals surface area contributed by atoms with Crippen LogP contribution in [0.2, 0.25) is 10.0 Å². The van der Waals surface area contributed by atoms with Gasteiger partial charge in [0.05, 0.1) is 5.02 Å². The maximum absolute atomic E-state index is 12.1. The number of carbonyl (C=O) groups excluding carboxylic acids is 2. The van der Waals surface area contributed by atoms with Crippen LogP contribution in [0.25, 0.3) is 0 Å². The number of amides is 2. The summed E-state index contributed by atoms with van der Waals surface area (Å²) in [6.07, 6.45) is -0.881. The molecule has 0 bridgehead atoms. The first kappa shape index (κ1) is 18.2. The quantitative estimate of drug-likeness (QED) is 0.774. The van der Waals surface area contributed by atoms with E-state index in [1.807, 2.05) is 0 Å². The van der Waals surface area contributed by atoms with Gasteiger partial charge in [0, 0.05) is 11.1 Å². The molecule has 7 nitrogen and oxygen atoms in total. The minimum Gasteiger partial charge on any atom is -0.485 e. The molecule has 3 rings (SSSR count). The topological polar surface area (TPSA) is 85.9 Å². The number of hydrazine groups is 1. The molecule has 1 aliphatic heterocycles. The molecule has 0 unspecified atom stereocenters. The Morgan fingerprint density at radius 3 is 2.69 bits per heavy atom. The van der Waals surface area contributed by atoms with E-state index in [1.54, 1.807) is 36.4 Å². The van der Waals surface area contributed by atoms with Crippen molar-refractivity contribution >= 4 is 35.0 Å². The number of ether oxygens (including phenoxy) is 3. The Hall–Kier alpha value is -2.64. The van der Waals surface area contributed by atoms with Gasteiger partial charge in [-0.3, -0.25) is 20.4 Å². The van der Waals surface area contributed by atoms with Crippen molar-refractivity contribution in [2.75, 3.05) is 13.2 Å². The maximum Gasteiger partial charge on any atom is 0.283 e. The Bertz CT molecular complexity index is 831. The number of fused-ring (bicyclic) bond motifs is 1. The molecule has 1 heterocycles. The second kappa shape index (κ2) is 8.16. The van der Waals surface area contributed by atoms with Gasteiger partial charge in [-0.15, -0.1) is 0 Å². The smallest absolute Gasteiger partial charge is 0.283 e. The molecular weight excluding hydrogens is 383 g/mol. The normalized spacial score (nSPS) is 15.1. The van der Waals surface area contributed by atoms with E-state index in [9.17, 15) is 9.59 Å². The van der Waals surface area contributed by atoms with Crippen LogP contribution in [0.3, 0.4) is 0 Å². The second-order valence-electron chi connectivity index (χ2n) is 5.27. The van der Waals surface area contributed by atoms with Gasteiger partial charge in [0.25, 0.3) is 11.8 Å². The molecule has 9 heteroatoms. The number of halogens is 2. The maximum atomic E-state index is 12.1. The van der Waals surface area contributed by atoms with Gasteiger partial charge < -0.3 is 14.2 Å². The van der Waals surface area contributed by atoms with Crippen molar-refractivity contribution in [2.24, 2.45) is 0 Å². The van der Waals surface area contributed by atoms with E-state index in [0.29, 0.717) is 21.5 Å². The van der Waals surface area contributed by atoms with Crippen LogP contribution in [-0.4, -0.2) is 31.1 Å². The van der Waals surface area contributed by atoms with E-state index in [-0.39, 0.29) is 19.0 Å². The van der Waals surface area contributed by atoms with Gasteiger partial charge in [-0.05, 0) is 24.3 Å². The number of carbonyl (C=O) groups is 2. The number of rotatable bonds is 4. The molecule has 1 aliphatic rings. The average molecular weight is 397 g/mol. The van der Waals surface area contributed by atoms with Gasteiger partial charge in [-0.2, -0.15) is 0 Å². The van der Waals surface area contributed by atoms with Crippen molar-refractivity contribution in [1.82, 2.24) is 10.9 Å². The summed E-state index contributed by atoms with van der Waals surface area (Å²) in [7, 11) is 0. The third-order valence-corrected chi connectivity index (χ3v) is 3.93. The van der Waals surface area contributed by atoms with E-state index >= 15 is 0 Å². The number of hydrogen-bond acceptors (Lipinski definition) is 5. The van der Waals surface area contributed by atoms with Crippen LogP contribution < -0.4 is 25.1 Å². The Morgan fingerprint density at radius 2 is 1.88 bits per heavy atom. The Morgan fingerprint density at radius 1 is 1.12 bits per heavy atom. The highest BCUT2D eigenvalue weighted by atomic mass is 35.5. The summed E-state index contributed by atoms with van der Waals surface area (Å²) in [5.74, 6) is 0.165. The lowest BCUT2D eigenvalue weighted by Crippen LogP contribution is -2.51. The van der Waals surface area contributed by atoms with Gasteiger partial charge in [0.1, 0.15) is 12.4 Å². The molecule has 2 aromatic rings. The highest BCUT2D eigenvalue weighted by Crippen LogP contribution is 2.30. The third-order valence-electron chi connectivity index (χ3n) is 3.38. The van der Waals surface area contributed by atoms with E-state index in [4.69, 9.17) is 37.4 Å². The first-order chi connectivity index (χ1) is 12.5. The fourth-order valence-electron chi connectivity index (χ4n) is 2.13. The molecule has 1 atom stereocenters. The molecular formula is C17H14Cl2N2O5. The first-order valence-corrected chi connectivity index (χ1v) is 8.33. The van der Waals surface area contributed by atoms with Crippen LogP contribution in [0.15, 0.2) is 42.5 Å². The molecule has 0 aliphatic carbocycles. The Balaban J connectivity index is 1.46. The zero-order valence-electron chi connectivity index (χ0n) is 13.3. The largest absolute Gasteiger partial charge is 0.485 e. The number of benzene rings is 2. The molecule has 0 radical (unpaired) electrons. The molecule has 0 aromatic heterocycles. The van der Waals surface area contributed by atoms with Crippen LogP contribution in [-0.2, 0) is 9.59 Å². The molecule has 136 valence electrons. The highest BCUT2D eigenvalue weighted by molar-refractivity contribution is 6.34. The lowest BCUT2D eigenvalue weighted by Gasteiger charge is -2.25. The van der Waals surface area contributed by atoms with Crippen LogP contribution in [0.1, 0.15) is 0 Å². The monoisotopic (exact) mass is 396 g/mol. The zero-order chi connectivity index (χ0) is 18.5. The average Bonchev–Trinajstić information content (AvgIpc) is 2.66. The molecule has 0 saturated carbocycles. The van der Waals surface area contributed by atoms with Crippen LogP contribution in [0, 0.1) is 0 Å². The van der Waals surface area contributed by atoms with E-state index in [0.717, 1.165) is 0 Å². The molecule has 0 saturated heterocycles. The molecule has 0 fully saturated rings. The summed E-state index contributed by atoms with van der Waals surface area (Å²) < 4.78 is 16.2. The van der Waals surface area contributed by atoms with E-state index in [1.165, 1.54) is 6.07 Å². The second-order valence-corrected chi connectivity index (χ2v) is 6.11. The van der Waals surface area contributed by atoms with Gasteiger partial charge in [-0.25, -0.2) is 0 Å². The summed E-state index contributed by atoms with van der Waals surface area (Å²) >= 11 is 11.8. The standard InChI is InChI=1S/C17H14Cl2N2O5/c18-10-5-6-11(19)14(7-10)25-9-16(22)20-21-17(23)15-8-24-12-3-1-2-4-13(12)26-15/h1-7,15H,8-9H2,(H,20,22)(H,21,23)/t15-/m1/s1. The van der Waals surface area contributed by atoms with Crippen molar-refractivity contribution in [3.63, 3.8) is 0 Å². The molecule has 0 spiro atoms. The lowest BCUT2D eigenvalue weighted by atomic mass is 10.2. The van der Waals surface area contributed by atoms with E-state index in [2.05, 4.69) is 10.9 Å². The SMILES string of the molecule is O=C(COc1cc(Cl)ccc1Cl)NNC(=O)[C@H]1COc2ccccc2O1. The van der Waals surface area contributed by atoms with Gasteiger partial charge in [0.2, 0.25) is 6.10 Å². The number of hydrogen-bond donors (Lipinski definition) is 2. The zero-order valence-corrected chi connectivity index (χ0v) is 14.8. The molecule has 2 amide bonds. The number of nitrogens with one attached hydrogen (secondary N) is 2. The van der Waals surface area contributed by atoms with Crippen molar-refractivity contribution in [1.29, 1.82) is 0 Å². The Labute approximate surface area is 159 Å². The lowest BCUT2D eigenvalue weighted by molar-refractivity contribution is -0.135. The highest BCUT2D eigenvalue weighted by Gasteiger charge is 2.27. The van der Waals surface area contributed by atoms with Gasteiger partial charge >= 0.3 is 0 Å². The molecule has 2 N–H and O–H groups in total. The fourth-order valence-corrected chi connectivity index (χ4v) is 2.46. The summed E-state index contributed by atoms with van der Waals surface area (Å²) in [6, 6.07) is 11.6. The van der Waals surface area contributed by atoms with Crippen LogP contribution in [0.5, 0.6) is 17.2 Å². The third kappa shape index (κ3) is 4.50. The summed E-state index contributed by atoms with van der Waals surface area (Å²) in [6.45, 7) is -0.321. The van der Waals surface area contributed by atoms with Crippen LogP contribution in [0.4, 0.5) is 0 Å². The summed E-state index contributed by atoms with van der Waals surface area (Å²) in [5.41, 5.74) is 4.50. The van der Waals surface area contributed by atoms with Crippen molar-refractivity contribution in [3.8, 4) is 17.2 Å². The number of para-hydroxylation sites is 2. The van der Waals surface area contributed by atoms with Crippen molar-refractivity contribution in [2.45, 2.75) is 6.10 Å². The van der Waals surface area contributed by atoms with Crippen molar-refractivity contribution < 1.29 is 23.8 Å². The fraction of sp³-hybridized carbons (Fsp3) is 0.176. The van der Waals surface area contributed by atoms with E-state index < -0.39 is 17.9 Å². The predicted molar refractivity (Wildman–Crippen MR) is 94.6 cm³/mol. The van der Waals surface area contributed by atoms with Gasteiger partial charge in [0.15, 0.2) is 18.1 Å². The Kier molecular flexibility index (Phi) is 5.70. The molecule has 2 aromatic carbocycles. The minimum absolute atomic E-state index is 0.0351. The minimum atomic E-state index is -0.881. The van der Waals surface area contributed by atoms with Crippen molar-refractivity contribution in [3.05, 3.63) is 52.5 Å². The molecule has 26 heavy (non-hydrogen) atoms. The summed E-state index contributed by atoms with van der Waals surface area (Å²) in [4.78, 5) is 23.9. The first-order valence-electron chi connectivity index (χ1n) is 7.58.